The summed E-state index contributed by atoms with van der Waals surface area (Å²) in [5, 5.41) is 2.59. The highest BCUT2D eigenvalue weighted by Gasteiger charge is 2.16. The van der Waals surface area contributed by atoms with Crippen LogP contribution in [0.2, 0.25) is 0 Å². The summed E-state index contributed by atoms with van der Waals surface area (Å²) < 4.78 is 21.0. The molecule has 1 aromatic heterocycles. The molecular weight excluding hydrogens is 451 g/mol. The monoisotopic (exact) mass is 472 g/mol. The normalized spacial score (nSPS) is 10.7. The molecule has 0 saturated carbocycles. The van der Waals surface area contributed by atoms with Crippen molar-refractivity contribution in [3.63, 3.8) is 0 Å². The van der Waals surface area contributed by atoms with Gasteiger partial charge < -0.3 is 10.1 Å². The molecule has 0 atom stereocenters. The molecule has 1 amide bonds. The van der Waals surface area contributed by atoms with Crippen LogP contribution in [0.5, 0.6) is 5.75 Å². The predicted octanol–water partition coefficient (Wildman–Crippen LogP) is 4.60. The van der Waals surface area contributed by atoms with E-state index in [4.69, 9.17) is 4.74 Å². The Morgan fingerprint density at radius 2 is 1.83 bits per heavy atom. The summed E-state index contributed by atoms with van der Waals surface area (Å²) in [4.78, 5) is 25.1. The Kier molecular flexibility index (Phi) is 6.41. The summed E-state index contributed by atoms with van der Waals surface area (Å²) in [5.74, 6) is -0.126. The first-order valence-electron chi connectivity index (χ1n) is 9.36. The minimum atomic E-state index is -0.301. The highest BCUT2D eigenvalue weighted by atomic mass is 79.9. The van der Waals surface area contributed by atoms with Crippen molar-refractivity contribution in [3.05, 3.63) is 91.1 Å². The Labute approximate surface area is 182 Å². The molecular formula is C23H22BrFN2O3. The molecule has 0 bridgehead atoms. The second-order valence-corrected chi connectivity index (χ2v) is 7.84. The summed E-state index contributed by atoms with van der Waals surface area (Å²) in [5.41, 5.74) is 3.92. The number of carbonyl (C=O) groups is 1. The first-order chi connectivity index (χ1) is 14.2. The molecule has 156 valence electrons. The summed E-state index contributed by atoms with van der Waals surface area (Å²) >= 11 is 3.35. The zero-order chi connectivity index (χ0) is 22.0. The molecule has 1 N–H and O–H groups in total. The van der Waals surface area contributed by atoms with Gasteiger partial charge in [0, 0.05) is 24.4 Å². The van der Waals surface area contributed by atoms with Crippen LogP contribution in [0, 0.1) is 26.6 Å². The minimum Gasteiger partial charge on any atom is -0.487 e. The van der Waals surface area contributed by atoms with Crippen LogP contribution in [0.15, 0.2) is 51.7 Å². The maximum Gasteiger partial charge on any atom is 0.273 e. The summed E-state index contributed by atoms with van der Waals surface area (Å²) in [6.45, 7) is 5.70. The van der Waals surface area contributed by atoms with Crippen molar-refractivity contribution in [2.24, 2.45) is 0 Å². The molecule has 0 fully saturated rings. The fourth-order valence-electron chi connectivity index (χ4n) is 3.20. The van der Waals surface area contributed by atoms with E-state index in [1.54, 1.807) is 48.9 Å². The van der Waals surface area contributed by atoms with Crippen molar-refractivity contribution in [2.45, 2.75) is 27.4 Å². The zero-order valence-electron chi connectivity index (χ0n) is 17.2. The molecule has 0 spiro atoms. The molecule has 0 saturated heterocycles. The molecule has 30 heavy (non-hydrogen) atoms. The van der Waals surface area contributed by atoms with E-state index in [-0.39, 0.29) is 28.4 Å². The van der Waals surface area contributed by atoms with Gasteiger partial charge in [-0.25, -0.2) is 4.39 Å². The smallest absolute Gasteiger partial charge is 0.273 e. The van der Waals surface area contributed by atoms with E-state index < -0.39 is 0 Å². The van der Waals surface area contributed by atoms with Crippen molar-refractivity contribution < 1.29 is 13.9 Å². The second kappa shape index (κ2) is 8.83. The lowest BCUT2D eigenvalue weighted by Gasteiger charge is -2.17. The van der Waals surface area contributed by atoms with Crippen molar-refractivity contribution >= 4 is 21.8 Å². The third-order valence-electron chi connectivity index (χ3n) is 4.93. The Balaban J connectivity index is 2.00. The van der Waals surface area contributed by atoms with E-state index >= 15 is 0 Å². The van der Waals surface area contributed by atoms with Crippen LogP contribution in [0.3, 0.4) is 0 Å². The van der Waals surface area contributed by atoms with Crippen LogP contribution in [-0.4, -0.2) is 17.5 Å². The summed E-state index contributed by atoms with van der Waals surface area (Å²) in [6.07, 6.45) is 0. The molecule has 0 radical (unpaired) electrons. The predicted molar refractivity (Wildman–Crippen MR) is 118 cm³/mol. The van der Waals surface area contributed by atoms with Crippen LogP contribution in [0.1, 0.15) is 32.7 Å². The Hall–Kier alpha value is -2.93. The van der Waals surface area contributed by atoms with Crippen molar-refractivity contribution in [1.82, 2.24) is 9.88 Å². The molecule has 0 aliphatic carbocycles. The number of aryl methyl sites for hydroxylation is 3. The SMILES string of the molecule is CNC(=O)c1ccc(C)c(-n2c(C)cc(OCc3ccc(F)cc3C)c(Br)c2=O)c1. The topological polar surface area (TPSA) is 60.3 Å². The third kappa shape index (κ3) is 4.31. The lowest BCUT2D eigenvalue weighted by molar-refractivity contribution is 0.0963. The lowest BCUT2D eigenvalue weighted by atomic mass is 10.1. The Morgan fingerprint density at radius 1 is 1.10 bits per heavy atom. The number of benzene rings is 2. The van der Waals surface area contributed by atoms with Crippen molar-refractivity contribution in [2.75, 3.05) is 7.05 Å². The first-order valence-corrected chi connectivity index (χ1v) is 10.1. The highest BCUT2D eigenvalue weighted by Crippen LogP contribution is 2.26. The van der Waals surface area contributed by atoms with E-state index in [2.05, 4.69) is 21.2 Å². The van der Waals surface area contributed by atoms with Gasteiger partial charge in [-0.1, -0.05) is 12.1 Å². The Bertz CT molecular complexity index is 1190. The molecule has 0 unspecified atom stereocenters. The van der Waals surface area contributed by atoms with Gasteiger partial charge in [-0.15, -0.1) is 0 Å². The highest BCUT2D eigenvalue weighted by molar-refractivity contribution is 9.10. The van der Waals surface area contributed by atoms with E-state index in [0.29, 0.717) is 22.7 Å². The number of pyridine rings is 1. The average Bonchev–Trinajstić information content (AvgIpc) is 2.71. The molecule has 0 aliphatic heterocycles. The zero-order valence-corrected chi connectivity index (χ0v) is 18.8. The van der Waals surface area contributed by atoms with Gasteiger partial charge >= 0.3 is 0 Å². The van der Waals surface area contributed by atoms with Gasteiger partial charge in [-0.05, 0) is 77.7 Å². The Morgan fingerprint density at radius 3 is 2.50 bits per heavy atom. The van der Waals surface area contributed by atoms with E-state index in [1.807, 2.05) is 13.8 Å². The summed E-state index contributed by atoms with van der Waals surface area (Å²) in [6, 6.07) is 11.5. The average molecular weight is 473 g/mol. The minimum absolute atomic E-state index is 0.207. The van der Waals surface area contributed by atoms with Crippen LogP contribution in [0.4, 0.5) is 4.39 Å². The van der Waals surface area contributed by atoms with Gasteiger partial charge in [0.15, 0.2) is 0 Å². The molecule has 0 aliphatic rings. The van der Waals surface area contributed by atoms with E-state index in [1.165, 1.54) is 12.1 Å². The molecule has 1 heterocycles. The number of nitrogens with zero attached hydrogens (tertiary/aromatic N) is 1. The third-order valence-corrected chi connectivity index (χ3v) is 5.66. The second-order valence-electron chi connectivity index (χ2n) is 7.04. The van der Waals surface area contributed by atoms with Crippen LogP contribution in [-0.2, 0) is 6.61 Å². The van der Waals surface area contributed by atoms with Gasteiger partial charge in [0.2, 0.25) is 0 Å². The van der Waals surface area contributed by atoms with Gasteiger partial charge in [-0.2, -0.15) is 0 Å². The number of amides is 1. The fourth-order valence-corrected chi connectivity index (χ4v) is 3.60. The van der Waals surface area contributed by atoms with E-state index in [9.17, 15) is 14.0 Å². The van der Waals surface area contributed by atoms with Crippen LogP contribution >= 0.6 is 15.9 Å². The number of nitrogens with one attached hydrogen (secondary N) is 1. The number of ether oxygens (including phenoxy) is 1. The van der Waals surface area contributed by atoms with E-state index in [0.717, 1.165) is 16.7 Å². The van der Waals surface area contributed by atoms with Gasteiger partial charge in [0.05, 0.1) is 5.69 Å². The largest absolute Gasteiger partial charge is 0.487 e. The molecule has 7 heteroatoms. The molecule has 2 aromatic carbocycles. The van der Waals surface area contributed by atoms with Crippen LogP contribution in [0.25, 0.3) is 5.69 Å². The summed E-state index contributed by atoms with van der Waals surface area (Å²) in [7, 11) is 1.56. The van der Waals surface area contributed by atoms with Gasteiger partial charge in [0.25, 0.3) is 11.5 Å². The number of aromatic nitrogens is 1. The standard InChI is InChI=1S/C23H22BrFN2O3/c1-13-5-6-16(22(28)26-4)11-19(13)27-15(3)10-20(21(24)23(27)29)30-12-17-7-8-18(25)9-14(17)2/h5-11H,12H2,1-4H3,(H,26,28). The fraction of sp³-hybridized carbons (Fsp3) is 0.217. The maximum atomic E-state index is 13.3. The van der Waals surface area contributed by atoms with Gasteiger partial charge in [-0.3, -0.25) is 14.2 Å². The lowest BCUT2D eigenvalue weighted by Crippen LogP contribution is -2.24. The van der Waals surface area contributed by atoms with Crippen molar-refractivity contribution in [1.29, 1.82) is 0 Å². The van der Waals surface area contributed by atoms with Gasteiger partial charge in [0.1, 0.15) is 22.6 Å². The molecule has 3 aromatic rings. The number of carbonyl (C=O) groups excluding carboxylic acids is 1. The quantitative estimate of drug-likeness (QED) is 0.589. The number of hydrogen-bond donors (Lipinski definition) is 1. The maximum absolute atomic E-state index is 13.3. The first kappa shape index (κ1) is 21.8. The van der Waals surface area contributed by atoms with Crippen LogP contribution < -0.4 is 15.6 Å². The number of hydrogen-bond acceptors (Lipinski definition) is 3. The molecule has 5 nitrogen and oxygen atoms in total. The number of rotatable bonds is 5. The number of halogens is 2. The molecule has 3 rings (SSSR count). The van der Waals surface area contributed by atoms with Crippen molar-refractivity contribution in [3.8, 4) is 11.4 Å².